The quantitative estimate of drug-likeness (QED) is 0.685. The molecule has 3 nitrogen and oxygen atoms in total. The summed E-state index contributed by atoms with van der Waals surface area (Å²) in [6, 6.07) is 1.74. The average molecular weight is 199 g/mol. The Morgan fingerprint density at radius 2 is 2.15 bits per heavy atom. The zero-order valence-corrected chi connectivity index (χ0v) is 8.00. The van der Waals surface area contributed by atoms with E-state index in [1.165, 1.54) is 12.8 Å². The van der Waals surface area contributed by atoms with Crippen molar-refractivity contribution in [1.29, 1.82) is 0 Å². The molecule has 1 aromatic heterocycles. The third-order valence-electron chi connectivity index (χ3n) is 2.19. The molecule has 0 radical (unpaired) electrons. The first-order valence-electron chi connectivity index (χ1n) is 4.50. The molecular formula is C9H11ClN2O. The minimum atomic E-state index is 0.246. The first-order valence-corrected chi connectivity index (χ1v) is 4.87. The lowest BCUT2D eigenvalue weighted by molar-refractivity contribution is 0.201. The van der Waals surface area contributed by atoms with Gasteiger partial charge in [-0.3, -0.25) is 0 Å². The molecule has 1 aliphatic carbocycles. The summed E-state index contributed by atoms with van der Waals surface area (Å²) in [6.07, 6.45) is 6.70. The number of halogens is 1. The van der Waals surface area contributed by atoms with Crippen molar-refractivity contribution >= 4 is 11.6 Å². The van der Waals surface area contributed by atoms with Crippen LogP contribution in [0.5, 0.6) is 5.88 Å². The predicted molar refractivity (Wildman–Crippen MR) is 49.9 cm³/mol. The van der Waals surface area contributed by atoms with Crippen molar-refractivity contribution in [3.63, 3.8) is 0 Å². The molecule has 0 unspecified atom stereocenters. The second kappa shape index (κ2) is 3.92. The Labute approximate surface area is 82.1 Å². The Kier molecular flexibility index (Phi) is 2.64. The normalized spacial score (nSPS) is 17.6. The molecule has 1 aliphatic rings. The van der Waals surface area contributed by atoms with Gasteiger partial charge in [0.15, 0.2) is 0 Å². The van der Waals surface area contributed by atoms with Gasteiger partial charge in [-0.05, 0) is 37.3 Å². The van der Waals surface area contributed by atoms with Gasteiger partial charge in [0.05, 0.1) is 0 Å². The topological polar surface area (TPSA) is 35.0 Å². The summed E-state index contributed by atoms with van der Waals surface area (Å²) in [6.45, 7) is 0. The first-order chi connectivity index (χ1) is 6.34. The first kappa shape index (κ1) is 8.75. The summed E-state index contributed by atoms with van der Waals surface area (Å²) in [7, 11) is 0. The monoisotopic (exact) mass is 198 g/mol. The van der Waals surface area contributed by atoms with Crippen LogP contribution in [0.3, 0.4) is 0 Å². The molecule has 1 saturated carbocycles. The molecule has 0 amide bonds. The van der Waals surface area contributed by atoms with Crippen LogP contribution in [0.25, 0.3) is 0 Å². The molecular weight excluding hydrogens is 188 g/mol. The minimum absolute atomic E-state index is 0.246. The van der Waals surface area contributed by atoms with Crippen LogP contribution in [0.1, 0.15) is 25.7 Å². The molecule has 1 aromatic rings. The number of ether oxygens (including phenoxy) is 1. The Balaban J connectivity index is 2.00. The summed E-state index contributed by atoms with van der Waals surface area (Å²) >= 11 is 5.63. The highest BCUT2D eigenvalue weighted by Gasteiger charge is 2.16. The molecule has 1 heterocycles. The Morgan fingerprint density at radius 1 is 1.38 bits per heavy atom. The van der Waals surface area contributed by atoms with Crippen molar-refractivity contribution < 1.29 is 4.74 Å². The second-order valence-electron chi connectivity index (χ2n) is 3.19. The van der Waals surface area contributed by atoms with E-state index < -0.39 is 0 Å². The fourth-order valence-electron chi connectivity index (χ4n) is 1.56. The van der Waals surface area contributed by atoms with Crippen molar-refractivity contribution in [3.05, 3.63) is 17.5 Å². The molecule has 1 fully saturated rings. The summed E-state index contributed by atoms with van der Waals surface area (Å²) in [4.78, 5) is 7.76. The van der Waals surface area contributed by atoms with E-state index in [0.717, 1.165) is 12.8 Å². The van der Waals surface area contributed by atoms with Crippen molar-refractivity contribution in [2.45, 2.75) is 31.8 Å². The van der Waals surface area contributed by atoms with Crippen LogP contribution in [0, 0.1) is 0 Å². The van der Waals surface area contributed by atoms with E-state index in [2.05, 4.69) is 9.97 Å². The van der Waals surface area contributed by atoms with Crippen LogP contribution >= 0.6 is 11.6 Å². The summed E-state index contributed by atoms with van der Waals surface area (Å²) in [5.74, 6) is 0.590. The molecule has 0 N–H and O–H groups in total. The fraction of sp³-hybridized carbons (Fsp3) is 0.556. The van der Waals surface area contributed by atoms with E-state index in [-0.39, 0.29) is 5.28 Å². The van der Waals surface area contributed by atoms with Gasteiger partial charge in [-0.15, -0.1) is 0 Å². The second-order valence-corrected chi connectivity index (χ2v) is 3.53. The smallest absolute Gasteiger partial charge is 0.225 e. The number of hydrogen-bond acceptors (Lipinski definition) is 3. The minimum Gasteiger partial charge on any atom is -0.474 e. The molecule has 0 aromatic carbocycles. The van der Waals surface area contributed by atoms with E-state index in [4.69, 9.17) is 16.3 Å². The molecule has 0 bridgehead atoms. The lowest BCUT2D eigenvalue weighted by Crippen LogP contribution is -2.11. The highest BCUT2D eigenvalue weighted by atomic mass is 35.5. The lowest BCUT2D eigenvalue weighted by atomic mass is 10.3. The molecule has 0 atom stereocenters. The zero-order chi connectivity index (χ0) is 9.10. The van der Waals surface area contributed by atoms with Gasteiger partial charge in [-0.25, -0.2) is 4.98 Å². The van der Waals surface area contributed by atoms with E-state index in [1.807, 2.05) is 0 Å². The number of aromatic nitrogens is 2. The third kappa shape index (κ3) is 2.31. The Hall–Kier alpha value is -0.830. The van der Waals surface area contributed by atoms with Gasteiger partial charge >= 0.3 is 0 Å². The molecule has 0 aliphatic heterocycles. The van der Waals surface area contributed by atoms with Gasteiger partial charge in [-0.2, -0.15) is 4.98 Å². The highest BCUT2D eigenvalue weighted by Crippen LogP contribution is 2.22. The maximum absolute atomic E-state index is 5.63. The van der Waals surface area contributed by atoms with Crippen LogP contribution in [0.4, 0.5) is 0 Å². The predicted octanol–water partition coefficient (Wildman–Crippen LogP) is 2.45. The molecule has 13 heavy (non-hydrogen) atoms. The van der Waals surface area contributed by atoms with Gasteiger partial charge < -0.3 is 4.74 Å². The molecule has 4 heteroatoms. The van der Waals surface area contributed by atoms with Crippen LogP contribution in [0.15, 0.2) is 12.3 Å². The molecule has 2 rings (SSSR count). The number of hydrogen-bond donors (Lipinski definition) is 0. The van der Waals surface area contributed by atoms with Crippen LogP contribution < -0.4 is 4.74 Å². The lowest BCUT2D eigenvalue weighted by Gasteiger charge is -2.11. The van der Waals surface area contributed by atoms with Crippen LogP contribution in [-0.4, -0.2) is 16.1 Å². The van der Waals surface area contributed by atoms with Crippen molar-refractivity contribution in [2.24, 2.45) is 0 Å². The SMILES string of the molecule is Clc1nccc(OC2CCCC2)n1. The van der Waals surface area contributed by atoms with E-state index in [9.17, 15) is 0 Å². The highest BCUT2D eigenvalue weighted by molar-refractivity contribution is 6.28. The largest absolute Gasteiger partial charge is 0.474 e. The maximum Gasteiger partial charge on any atom is 0.225 e. The van der Waals surface area contributed by atoms with Gasteiger partial charge in [0.25, 0.3) is 0 Å². The van der Waals surface area contributed by atoms with Gasteiger partial charge in [0.2, 0.25) is 11.2 Å². The Morgan fingerprint density at radius 3 is 2.85 bits per heavy atom. The van der Waals surface area contributed by atoms with Gasteiger partial charge in [0.1, 0.15) is 6.10 Å². The standard InChI is InChI=1S/C9H11ClN2O/c10-9-11-6-5-8(12-9)13-7-3-1-2-4-7/h5-7H,1-4H2. The summed E-state index contributed by atoms with van der Waals surface area (Å²) < 4.78 is 5.62. The number of nitrogens with zero attached hydrogens (tertiary/aromatic N) is 2. The van der Waals surface area contributed by atoms with Crippen LogP contribution in [-0.2, 0) is 0 Å². The molecule has 0 saturated heterocycles. The average Bonchev–Trinajstić information content (AvgIpc) is 2.57. The van der Waals surface area contributed by atoms with Gasteiger partial charge in [-0.1, -0.05) is 0 Å². The van der Waals surface area contributed by atoms with Crippen molar-refractivity contribution in [1.82, 2.24) is 9.97 Å². The fourth-order valence-corrected chi connectivity index (χ4v) is 1.70. The van der Waals surface area contributed by atoms with E-state index >= 15 is 0 Å². The zero-order valence-electron chi connectivity index (χ0n) is 7.24. The molecule has 0 spiro atoms. The van der Waals surface area contributed by atoms with Crippen LogP contribution in [0.2, 0.25) is 5.28 Å². The summed E-state index contributed by atoms with van der Waals surface area (Å²) in [5, 5.41) is 0.246. The number of rotatable bonds is 2. The maximum atomic E-state index is 5.63. The Bertz CT molecular complexity index is 287. The summed E-state index contributed by atoms with van der Waals surface area (Å²) in [5.41, 5.74) is 0. The third-order valence-corrected chi connectivity index (χ3v) is 2.37. The molecule has 70 valence electrons. The van der Waals surface area contributed by atoms with E-state index in [1.54, 1.807) is 12.3 Å². The van der Waals surface area contributed by atoms with E-state index in [0.29, 0.717) is 12.0 Å². The van der Waals surface area contributed by atoms with Crippen molar-refractivity contribution in [3.8, 4) is 5.88 Å². The van der Waals surface area contributed by atoms with Crippen molar-refractivity contribution in [2.75, 3.05) is 0 Å². The van der Waals surface area contributed by atoms with Gasteiger partial charge in [0, 0.05) is 12.3 Å².